The molecule has 0 fully saturated rings. The van der Waals surface area contributed by atoms with Crippen LogP contribution in [0.15, 0.2) is 65.1 Å². The number of nitrogens with zero attached hydrogens (tertiary/aromatic N) is 2. The minimum atomic E-state index is -0.216. The smallest absolute Gasteiger partial charge is 0.287 e. The zero-order chi connectivity index (χ0) is 19.5. The molecule has 0 aliphatic rings. The van der Waals surface area contributed by atoms with Crippen LogP contribution in [0.2, 0.25) is 0 Å². The van der Waals surface area contributed by atoms with Crippen molar-refractivity contribution in [3.05, 3.63) is 77.6 Å². The number of fused-ring (bicyclic) bond motifs is 2. The van der Waals surface area contributed by atoms with E-state index in [1.807, 2.05) is 50.4 Å². The molecule has 1 amide bonds. The first kappa shape index (κ1) is 18.2. The molecule has 0 radical (unpaired) electrons. The maximum absolute atomic E-state index is 12.5. The third-order valence-corrected chi connectivity index (χ3v) is 4.76. The second kappa shape index (κ2) is 7.82. The van der Waals surface area contributed by atoms with Gasteiger partial charge in [-0.05, 0) is 43.3 Å². The molecule has 0 aliphatic carbocycles. The summed E-state index contributed by atoms with van der Waals surface area (Å²) in [6.45, 7) is 4.18. The van der Waals surface area contributed by atoms with E-state index in [1.54, 1.807) is 6.07 Å². The summed E-state index contributed by atoms with van der Waals surface area (Å²) in [6, 6.07) is 20.1. The average molecular weight is 373 g/mol. The Balaban J connectivity index is 1.39. The molecule has 2 aromatic heterocycles. The van der Waals surface area contributed by atoms with E-state index in [-0.39, 0.29) is 5.91 Å². The van der Waals surface area contributed by atoms with Gasteiger partial charge >= 0.3 is 0 Å². The van der Waals surface area contributed by atoms with E-state index in [2.05, 4.69) is 33.4 Å². The van der Waals surface area contributed by atoms with E-state index in [9.17, 15) is 4.79 Å². The fourth-order valence-electron chi connectivity index (χ4n) is 3.27. The molecule has 0 atom stereocenters. The van der Waals surface area contributed by atoms with Gasteiger partial charge < -0.3 is 14.6 Å². The van der Waals surface area contributed by atoms with Crippen LogP contribution in [0.1, 0.15) is 21.7 Å². The van der Waals surface area contributed by atoms with E-state index >= 15 is 0 Å². The molecule has 142 valence electrons. The van der Waals surface area contributed by atoms with Crippen LogP contribution in [0.5, 0.6) is 0 Å². The van der Waals surface area contributed by atoms with Crippen LogP contribution < -0.4 is 5.32 Å². The molecule has 0 saturated heterocycles. The SMILES string of the molecule is Cc1ccc2cc3cc(C(=O)NCCN(C)Cc4ccccc4)oc3nc2c1. The number of rotatable bonds is 6. The highest BCUT2D eigenvalue weighted by atomic mass is 16.4. The molecule has 2 heterocycles. The van der Waals surface area contributed by atoms with Crippen LogP contribution in [-0.4, -0.2) is 35.9 Å². The number of carbonyl (C=O) groups is 1. The zero-order valence-corrected chi connectivity index (χ0v) is 16.1. The lowest BCUT2D eigenvalue weighted by Crippen LogP contribution is -2.32. The van der Waals surface area contributed by atoms with Crippen molar-refractivity contribution in [2.45, 2.75) is 13.5 Å². The number of hydrogen-bond donors (Lipinski definition) is 1. The highest BCUT2D eigenvalue weighted by Crippen LogP contribution is 2.23. The number of aromatic nitrogens is 1. The Kier molecular flexibility index (Phi) is 5.08. The van der Waals surface area contributed by atoms with E-state index < -0.39 is 0 Å². The van der Waals surface area contributed by atoms with Crippen LogP contribution in [0, 0.1) is 6.92 Å². The molecule has 0 saturated carbocycles. The molecule has 28 heavy (non-hydrogen) atoms. The van der Waals surface area contributed by atoms with E-state index in [1.165, 1.54) is 5.56 Å². The van der Waals surface area contributed by atoms with Crippen LogP contribution in [0.3, 0.4) is 0 Å². The first-order valence-corrected chi connectivity index (χ1v) is 9.40. The Bertz CT molecular complexity index is 1120. The van der Waals surface area contributed by atoms with Crippen molar-refractivity contribution in [3.63, 3.8) is 0 Å². The number of furan rings is 1. The number of hydrogen-bond acceptors (Lipinski definition) is 4. The Morgan fingerprint density at radius 1 is 1.07 bits per heavy atom. The summed E-state index contributed by atoms with van der Waals surface area (Å²) >= 11 is 0. The quantitative estimate of drug-likeness (QED) is 0.552. The van der Waals surface area contributed by atoms with Gasteiger partial charge in [-0.15, -0.1) is 0 Å². The molecule has 0 unspecified atom stereocenters. The molecule has 1 N–H and O–H groups in total. The molecular formula is C23H23N3O2. The molecule has 5 nitrogen and oxygen atoms in total. The number of nitrogens with one attached hydrogen (secondary N) is 1. The second-order valence-electron chi connectivity index (χ2n) is 7.17. The maximum atomic E-state index is 12.5. The third kappa shape index (κ3) is 4.05. The number of aryl methyl sites for hydroxylation is 1. The van der Waals surface area contributed by atoms with Crippen LogP contribution >= 0.6 is 0 Å². The number of pyridine rings is 1. The van der Waals surface area contributed by atoms with Gasteiger partial charge in [0.1, 0.15) is 0 Å². The van der Waals surface area contributed by atoms with Crippen molar-refractivity contribution < 1.29 is 9.21 Å². The lowest BCUT2D eigenvalue weighted by atomic mass is 10.1. The van der Waals surface area contributed by atoms with Crippen LogP contribution in [-0.2, 0) is 6.54 Å². The molecule has 0 spiro atoms. The number of amides is 1. The van der Waals surface area contributed by atoms with E-state index in [0.29, 0.717) is 18.0 Å². The first-order chi connectivity index (χ1) is 13.6. The summed E-state index contributed by atoms with van der Waals surface area (Å²) in [5, 5.41) is 4.80. The third-order valence-electron chi connectivity index (χ3n) is 4.76. The Labute approximate surface area is 164 Å². The highest BCUT2D eigenvalue weighted by molar-refractivity contribution is 5.98. The van der Waals surface area contributed by atoms with Crippen LogP contribution in [0.25, 0.3) is 22.0 Å². The molecule has 2 aromatic carbocycles. The number of benzene rings is 2. The van der Waals surface area contributed by atoms with Gasteiger partial charge in [0.15, 0.2) is 5.76 Å². The van der Waals surface area contributed by atoms with Crippen molar-refractivity contribution in [2.75, 3.05) is 20.1 Å². The standard InChI is InChI=1S/C23H23N3O2/c1-16-8-9-18-13-19-14-21(28-23(19)25-20(18)12-16)22(27)24-10-11-26(2)15-17-6-4-3-5-7-17/h3-9,12-14H,10-11,15H2,1-2H3,(H,24,27). The minimum absolute atomic E-state index is 0.216. The van der Waals surface area contributed by atoms with Crippen molar-refractivity contribution in [1.82, 2.24) is 15.2 Å². The largest absolute Gasteiger partial charge is 0.433 e. The highest BCUT2D eigenvalue weighted by Gasteiger charge is 2.14. The van der Waals surface area contributed by atoms with Crippen molar-refractivity contribution in [1.29, 1.82) is 0 Å². The van der Waals surface area contributed by atoms with E-state index in [0.717, 1.165) is 34.9 Å². The lowest BCUT2D eigenvalue weighted by molar-refractivity contribution is 0.0924. The van der Waals surface area contributed by atoms with Crippen molar-refractivity contribution >= 4 is 27.9 Å². The number of likely N-dealkylation sites (N-methyl/N-ethyl adjacent to an activating group) is 1. The predicted molar refractivity (Wildman–Crippen MR) is 111 cm³/mol. The van der Waals surface area contributed by atoms with Gasteiger partial charge in [0.05, 0.1) is 5.52 Å². The van der Waals surface area contributed by atoms with Crippen molar-refractivity contribution in [2.24, 2.45) is 0 Å². The Hall–Kier alpha value is -3.18. The van der Waals surface area contributed by atoms with Gasteiger partial charge in [-0.25, -0.2) is 4.98 Å². The summed E-state index contributed by atoms with van der Waals surface area (Å²) in [7, 11) is 2.04. The Morgan fingerprint density at radius 3 is 2.71 bits per heavy atom. The monoisotopic (exact) mass is 373 g/mol. The van der Waals surface area contributed by atoms with Gasteiger partial charge in [-0.3, -0.25) is 4.79 Å². The topological polar surface area (TPSA) is 58.4 Å². The lowest BCUT2D eigenvalue weighted by Gasteiger charge is -2.16. The molecule has 4 rings (SSSR count). The van der Waals surface area contributed by atoms with Gasteiger partial charge in [-0.2, -0.15) is 0 Å². The normalized spacial score (nSPS) is 11.4. The zero-order valence-electron chi connectivity index (χ0n) is 16.1. The van der Waals surface area contributed by atoms with Crippen molar-refractivity contribution in [3.8, 4) is 0 Å². The summed E-state index contributed by atoms with van der Waals surface area (Å²) < 4.78 is 5.69. The average Bonchev–Trinajstić information content (AvgIpc) is 3.10. The van der Waals surface area contributed by atoms with Crippen LogP contribution in [0.4, 0.5) is 0 Å². The fraction of sp³-hybridized carbons (Fsp3) is 0.217. The molecule has 0 bridgehead atoms. The Morgan fingerprint density at radius 2 is 1.89 bits per heavy atom. The second-order valence-corrected chi connectivity index (χ2v) is 7.17. The van der Waals surface area contributed by atoms with E-state index in [4.69, 9.17) is 4.42 Å². The van der Waals surface area contributed by atoms with Gasteiger partial charge in [0.2, 0.25) is 5.71 Å². The van der Waals surface area contributed by atoms with Gasteiger partial charge in [0.25, 0.3) is 5.91 Å². The summed E-state index contributed by atoms with van der Waals surface area (Å²) in [4.78, 5) is 19.2. The molecule has 0 aliphatic heterocycles. The maximum Gasteiger partial charge on any atom is 0.287 e. The summed E-state index contributed by atoms with van der Waals surface area (Å²) in [5.41, 5.74) is 3.76. The fourth-order valence-corrected chi connectivity index (χ4v) is 3.27. The first-order valence-electron chi connectivity index (χ1n) is 9.40. The summed E-state index contributed by atoms with van der Waals surface area (Å²) in [6.07, 6.45) is 0. The molecular weight excluding hydrogens is 350 g/mol. The predicted octanol–water partition coefficient (Wildman–Crippen LogP) is 4.15. The molecule has 4 aromatic rings. The van der Waals surface area contributed by atoms with Gasteiger partial charge in [-0.1, -0.05) is 42.5 Å². The molecule has 5 heteroatoms. The number of carbonyl (C=O) groups excluding carboxylic acids is 1. The summed E-state index contributed by atoms with van der Waals surface area (Å²) in [5.74, 6) is 0.0755. The minimum Gasteiger partial charge on any atom is -0.433 e. The van der Waals surface area contributed by atoms with Gasteiger partial charge in [0, 0.05) is 30.4 Å².